The van der Waals surface area contributed by atoms with Crippen LogP contribution in [0.4, 0.5) is 0 Å². The smallest absolute Gasteiger partial charge is 0.336 e. The molecule has 0 aromatic heterocycles. The lowest BCUT2D eigenvalue weighted by Gasteiger charge is -2.40. The third-order valence-corrected chi connectivity index (χ3v) is 5.62. The molecule has 29 heavy (non-hydrogen) atoms. The van der Waals surface area contributed by atoms with Gasteiger partial charge in [0.2, 0.25) is 0 Å². The number of allylic oxidation sites excluding steroid dienone is 1. The molecule has 1 aromatic carbocycles. The molecule has 3 rings (SSSR count). The van der Waals surface area contributed by atoms with Crippen LogP contribution in [-0.4, -0.2) is 42.3 Å². The van der Waals surface area contributed by atoms with Crippen LogP contribution in [0.3, 0.4) is 0 Å². The van der Waals surface area contributed by atoms with E-state index in [0.29, 0.717) is 29.0 Å². The summed E-state index contributed by atoms with van der Waals surface area (Å²) in [5.41, 5.74) is 2.14. The number of hydrogen-bond acceptors (Lipinski definition) is 7. The van der Waals surface area contributed by atoms with Gasteiger partial charge in [-0.3, -0.25) is 14.6 Å². The number of carbonyl (C=O) groups is 3. The van der Waals surface area contributed by atoms with E-state index in [1.165, 1.54) is 19.2 Å². The largest absolute Gasteiger partial charge is 0.508 e. The predicted molar refractivity (Wildman–Crippen MR) is 105 cm³/mol. The number of Topliss-reactive ketones (excluding diaryl/α,β-unsaturated/α-hetero) is 1. The third-order valence-electron chi connectivity index (χ3n) is 5.62. The monoisotopic (exact) mass is 399 g/mol. The fourth-order valence-electron chi connectivity index (χ4n) is 4.35. The van der Waals surface area contributed by atoms with Gasteiger partial charge in [-0.05, 0) is 43.9 Å². The summed E-state index contributed by atoms with van der Waals surface area (Å²) in [6, 6.07) is 6.36. The number of phenolic OH excluding ortho intramolecular Hbond substituents is 1. The van der Waals surface area contributed by atoms with Gasteiger partial charge in [-0.2, -0.15) is 0 Å². The number of rotatable bonds is 4. The number of benzene rings is 1. The van der Waals surface area contributed by atoms with Gasteiger partial charge in [0.05, 0.1) is 25.2 Å². The highest BCUT2D eigenvalue weighted by Crippen LogP contribution is 2.46. The highest BCUT2D eigenvalue weighted by molar-refractivity contribution is 6.17. The van der Waals surface area contributed by atoms with Crippen molar-refractivity contribution in [3.63, 3.8) is 0 Å². The number of aromatic hydroxyl groups is 1. The third kappa shape index (κ3) is 3.69. The van der Waals surface area contributed by atoms with Gasteiger partial charge in [0.15, 0.2) is 5.78 Å². The average Bonchev–Trinajstić information content (AvgIpc) is 2.67. The zero-order valence-electron chi connectivity index (χ0n) is 17.0. The number of ether oxygens (including phenoxy) is 2. The molecule has 1 aliphatic heterocycles. The molecule has 0 saturated heterocycles. The second kappa shape index (κ2) is 8.19. The van der Waals surface area contributed by atoms with Crippen molar-refractivity contribution in [3.8, 4) is 5.75 Å². The summed E-state index contributed by atoms with van der Waals surface area (Å²) >= 11 is 0. The van der Waals surface area contributed by atoms with Crippen molar-refractivity contribution in [1.29, 1.82) is 0 Å². The van der Waals surface area contributed by atoms with Gasteiger partial charge in [0.1, 0.15) is 11.7 Å². The summed E-state index contributed by atoms with van der Waals surface area (Å²) in [7, 11) is 1.26. The highest BCUT2D eigenvalue weighted by atomic mass is 16.5. The summed E-state index contributed by atoms with van der Waals surface area (Å²) in [6.07, 6.45) is 0.457. The minimum Gasteiger partial charge on any atom is -0.508 e. The molecule has 0 bridgehead atoms. The van der Waals surface area contributed by atoms with Crippen LogP contribution < -0.4 is 0 Å². The fraction of sp³-hybridized carbons (Fsp3) is 0.455. The lowest BCUT2D eigenvalue weighted by Crippen LogP contribution is -2.48. The number of nitrogens with zero attached hydrogens (tertiary/aromatic N) is 1. The van der Waals surface area contributed by atoms with Gasteiger partial charge in [-0.25, -0.2) is 4.79 Å². The molecular formula is C22H25NO6. The number of fused-ring (bicyclic) bond motifs is 1. The molecule has 2 aliphatic rings. The number of ketones is 1. The highest BCUT2D eigenvalue weighted by Gasteiger charge is 2.51. The number of esters is 2. The molecule has 4 atom stereocenters. The van der Waals surface area contributed by atoms with E-state index in [0.717, 1.165) is 0 Å². The topological polar surface area (TPSA) is 102 Å². The summed E-state index contributed by atoms with van der Waals surface area (Å²) in [5.74, 6) is -3.90. The van der Waals surface area contributed by atoms with E-state index in [2.05, 4.69) is 4.99 Å². The zero-order valence-corrected chi connectivity index (χ0v) is 17.0. The Kier molecular flexibility index (Phi) is 5.86. The number of methoxy groups -OCH3 is 1. The number of phenols is 1. The van der Waals surface area contributed by atoms with Crippen molar-refractivity contribution in [2.75, 3.05) is 13.7 Å². The Hall–Kier alpha value is -2.96. The lowest BCUT2D eigenvalue weighted by atomic mass is 9.64. The molecule has 1 aromatic rings. The van der Waals surface area contributed by atoms with E-state index in [4.69, 9.17) is 9.47 Å². The Morgan fingerprint density at radius 3 is 2.45 bits per heavy atom. The van der Waals surface area contributed by atoms with E-state index < -0.39 is 29.7 Å². The standard InChI is InChI=1S/C22H25NO6/c1-5-29-22(27)17-12(3)23-15-10-11(2)16(21(26)28-4)20(25)19(15)18(17)13-6-8-14(24)9-7-13/h6-9,11,16,18-19,24H,5,10H2,1-4H3/t11-,16+,18-,19+/m1/s1. The Balaban J connectivity index is 2.17. The van der Waals surface area contributed by atoms with Crippen LogP contribution in [0.2, 0.25) is 0 Å². The molecule has 0 amide bonds. The zero-order chi connectivity index (χ0) is 21.3. The van der Waals surface area contributed by atoms with Crippen LogP contribution in [0.15, 0.2) is 40.5 Å². The molecule has 0 radical (unpaired) electrons. The molecule has 7 nitrogen and oxygen atoms in total. The van der Waals surface area contributed by atoms with Crippen LogP contribution >= 0.6 is 0 Å². The summed E-state index contributed by atoms with van der Waals surface area (Å²) in [5, 5.41) is 9.68. The Morgan fingerprint density at radius 2 is 1.86 bits per heavy atom. The molecule has 0 unspecified atom stereocenters. The first-order valence-corrected chi connectivity index (χ1v) is 9.65. The summed E-state index contributed by atoms with van der Waals surface area (Å²) in [6.45, 7) is 5.45. The van der Waals surface area contributed by atoms with Crippen molar-refractivity contribution >= 4 is 23.4 Å². The second-order valence-electron chi connectivity index (χ2n) is 7.45. The molecule has 1 aliphatic carbocycles. The molecule has 7 heteroatoms. The second-order valence-corrected chi connectivity index (χ2v) is 7.45. The van der Waals surface area contributed by atoms with E-state index in [1.807, 2.05) is 6.92 Å². The van der Waals surface area contributed by atoms with Crippen molar-refractivity contribution in [2.45, 2.75) is 33.1 Å². The average molecular weight is 399 g/mol. The van der Waals surface area contributed by atoms with Crippen LogP contribution in [-0.2, 0) is 23.9 Å². The van der Waals surface area contributed by atoms with Gasteiger partial charge in [-0.1, -0.05) is 19.1 Å². The van der Waals surface area contributed by atoms with Crippen LogP contribution in [0.1, 0.15) is 38.7 Å². The molecule has 1 heterocycles. The summed E-state index contributed by atoms with van der Waals surface area (Å²) < 4.78 is 10.1. The van der Waals surface area contributed by atoms with E-state index in [1.54, 1.807) is 26.0 Å². The summed E-state index contributed by atoms with van der Waals surface area (Å²) in [4.78, 5) is 43.1. The van der Waals surface area contributed by atoms with Gasteiger partial charge in [0, 0.05) is 17.3 Å². The molecule has 1 fully saturated rings. The van der Waals surface area contributed by atoms with Crippen molar-refractivity contribution in [1.82, 2.24) is 0 Å². The molecule has 0 spiro atoms. The first kappa shape index (κ1) is 20.8. The SMILES string of the molecule is CCOC(=O)C1=C(C)N=C2C[C@@H](C)[C@H](C(=O)OC)C(=O)[C@@H]2[C@@H]1c1ccc(O)cc1. The van der Waals surface area contributed by atoms with Crippen LogP contribution in [0, 0.1) is 17.8 Å². The van der Waals surface area contributed by atoms with Gasteiger partial charge in [-0.15, -0.1) is 0 Å². The maximum Gasteiger partial charge on any atom is 0.336 e. The number of carbonyl (C=O) groups excluding carboxylic acids is 3. The minimum absolute atomic E-state index is 0.0767. The predicted octanol–water partition coefficient (Wildman–Crippen LogP) is 2.78. The van der Waals surface area contributed by atoms with Crippen LogP contribution in [0.25, 0.3) is 0 Å². The molecular weight excluding hydrogens is 374 g/mol. The van der Waals surface area contributed by atoms with E-state index in [9.17, 15) is 19.5 Å². The lowest BCUT2D eigenvalue weighted by molar-refractivity contribution is -0.152. The fourth-order valence-corrected chi connectivity index (χ4v) is 4.35. The van der Waals surface area contributed by atoms with Gasteiger partial charge >= 0.3 is 11.9 Å². The molecule has 1 saturated carbocycles. The molecule has 1 N–H and O–H groups in total. The van der Waals surface area contributed by atoms with Crippen molar-refractivity contribution in [3.05, 3.63) is 41.1 Å². The van der Waals surface area contributed by atoms with Crippen LogP contribution in [0.5, 0.6) is 5.75 Å². The molecule has 154 valence electrons. The Labute approximate surface area is 169 Å². The number of hydrogen-bond donors (Lipinski definition) is 1. The Bertz CT molecular complexity index is 898. The normalized spacial score (nSPS) is 26.5. The van der Waals surface area contributed by atoms with Crippen molar-refractivity contribution < 1.29 is 29.0 Å². The first-order chi connectivity index (χ1) is 13.8. The number of aliphatic imine (C=N–C) groups is 1. The minimum atomic E-state index is -0.912. The Morgan fingerprint density at radius 1 is 1.21 bits per heavy atom. The maximum absolute atomic E-state index is 13.4. The van der Waals surface area contributed by atoms with E-state index in [-0.39, 0.29) is 24.1 Å². The van der Waals surface area contributed by atoms with Gasteiger partial charge < -0.3 is 14.6 Å². The van der Waals surface area contributed by atoms with E-state index >= 15 is 0 Å². The first-order valence-electron chi connectivity index (χ1n) is 9.65. The quantitative estimate of drug-likeness (QED) is 0.617. The van der Waals surface area contributed by atoms with Gasteiger partial charge in [0.25, 0.3) is 0 Å². The van der Waals surface area contributed by atoms with Crippen molar-refractivity contribution in [2.24, 2.45) is 22.7 Å². The maximum atomic E-state index is 13.4.